The lowest BCUT2D eigenvalue weighted by Gasteiger charge is -2.11. The standard InChI is InChI=1S/C20H24N4O3/c1-13(2)20(27)24-18-9-4-6-15(10-18)21-12-19(26)23-17-8-5-7-16(11-17)22-14(3)25/h4-11,13,21H,12H2,1-3H3,(H,22,25)(H,23,26)(H,24,27). The molecule has 7 nitrogen and oxygen atoms in total. The van der Waals surface area contributed by atoms with Crippen LogP contribution in [0.4, 0.5) is 22.7 Å². The molecule has 0 aliphatic heterocycles. The van der Waals surface area contributed by atoms with Crippen molar-refractivity contribution in [2.45, 2.75) is 20.8 Å². The minimum absolute atomic E-state index is 0.0615. The van der Waals surface area contributed by atoms with E-state index in [4.69, 9.17) is 0 Å². The monoisotopic (exact) mass is 368 g/mol. The van der Waals surface area contributed by atoms with Gasteiger partial charge in [0.25, 0.3) is 0 Å². The molecule has 0 heterocycles. The normalized spacial score (nSPS) is 10.2. The number of hydrogen-bond acceptors (Lipinski definition) is 4. The van der Waals surface area contributed by atoms with Gasteiger partial charge in [-0.25, -0.2) is 0 Å². The van der Waals surface area contributed by atoms with Crippen molar-refractivity contribution in [2.24, 2.45) is 5.92 Å². The quantitative estimate of drug-likeness (QED) is 0.603. The Hall–Kier alpha value is -3.35. The van der Waals surface area contributed by atoms with Gasteiger partial charge in [0.15, 0.2) is 0 Å². The molecule has 0 aliphatic carbocycles. The fraction of sp³-hybridized carbons (Fsp3) is 0.250. The molecule has 3 amide bonds. The topological polar surface area (TPSA) is 99.3 Å². The Morgan fingerprint density at radius 1 is 0.815 bits per heavy atom. The van der Waals surface area contributed by atoms with Gasteiger partial charge in [0.1, 0.15) is 0 Å². The molecule has 0 atom stereocenters. The summed E-state index contributed by atoms with van der Waals surface area (Å²) in [6, 6.07) is 14.1. The molecular weight excluding hydrogens is 344 g/mol. The van der Waals surface area contributed by atoms with Crippen LogP contribution < -0.4 is 21.3 Å². The number of carbonyl (C=O) groups excluding carboxylic acids is 3. The van der Waals surface area contributed by atoms with Crippen LogP contribution in [0.5, 0.6) is 0 Å². The van der Waals surface area contributed by atoms with E-state index < -0.39 is 0 Å². The lowest BCUT2D eigenvalue weighted by molar-refractivity contribution is -0.119. The third-order valence-electron chi connectivity index (χ3n) is 3.57. The van der Waals surface area contributed by atoms with E-state index in [2.05, 4.69) is 21.3 Å². The van der Waals surface area contributed by atoms with Crippen LogP contribution in [0, 0.1) is 5.92 Å². The minimum Gasteiger partial charge on any atom is -0.376 e. The lowest BCUT2D eigenvalue weighted by Crippen LogP contribution is -2.22. The van der Waals surface area contributed by atoms with Crippen LogP contribution in [-0.2, 0) is 14.4 Å². The first-order valence-electron chi connectivity index (χ1n) is 8.66. The second kappa shape index (κ2) is 9.38. The molecule has 142 valence electrons. The first-order chi connectivity index (χ1) is 12.8. The fourth-order valence-corrected chi connectivity index (χ4v) is 2.26. The molecule has 0 fully saturated rings. The highest BCUT2D eigenvalue weighted by Crippen LogP contribution is 2.17. The highest BCUT2D eigenvalue weighted by Gasteiger charge is 2.08. The van der Waals surface area contributed by atoms with Crippen molar-refractivity contribution in [3.05, 3.63) is 48.5 Å². The SMILES string of the molecule is CC(=O)Nc1cccc(NC(=O)CNc2cccc(NC(=O)C(C)C)c2)c1. The maximum Gasteiger partial charge on any atom is 0.243 e. The average molecular weight is 368 g/mol. The first kappa shape index (κ1) is 20.0. The number of benzene rings is 2. The third-order valence-corrected chi connectivity index (χ3v) is 3.57. The van der Waals surface area contributed by atoms with Crippen molar-refractivity contribution in [2.75, 3.05) is 27.8 Å². The van der Waals surface area contributed by atoms with Gasteiger partial charge >= 0.3 is 0 Å². The molecule has 0 bridgehead atoms. The zero-order valence-corrected chi connectivity index (χ0v) is 15.6. The van der Waals surface area contributed by atoms with E-state index in [9.17, 15) is 14.4 Å². The Morgan fingerprint density at radius 2 is 1.33 bits per heavy atom. The van der Waals surface area contributed by atoms with E-state index in [0.717, 1.165) is 5.69 Å². The Kier molecular flexibility index (Phi) is 6.93. The van der Waals surface area contributed by atoms with Gasteiger partial charge in [0, 0.05) is 35.6 Å². The van der Waals surface area contributed by atoms with Crippen molar-refractivity contribution in [1.82, 2.24) is 0 Å². The van der Waals surface area contributed by atoms with E-state index in [1.165, 1.54) is 6.92 Å². The summed E-state index contributed by atoms with van der Waals surface area (Å²) in [5.41, 5.74) is 2.59. The first-order valence-corrected chi connectivity index (χ1v) is 8.66. The molecule has 2 rings (SSSR count). The van der Waals surface area contributed by atoms with Crippen LogP contribution in [0.2, 0.25) is 0 Å². The largest absolute Gasteiger partial charge is 0.376 e. The van der Waals surface area contributed by atoms with Gasteiger partial charge in [-0.15, -0.1) is 0 Å². The van der Waals surface area contributed by atoms with Gasteiger partial charge in [0.05, 0.1) is 6.54 Å². The summed E-state index contributed by atoms with van der Waals surface area (Å²) in [7, 11) is 0. The summed E-state index contributed by atoms with van der Waals surface area (Å²) in [5.74, 6) is -0.583. The Balaban J connectivity index is 1.90. The smallest absolute Gasteiger partial charge is 0.243 e. The Morgan fingerprint density at radius 3 is 1.93 bits per heavy atom. The van der Waals surface area contributed by atoms with Gasteiger partial charge < -0.3 is 21.3 Å². The highest BCUT2D eigenvalue weighted by atomic mass is 16.2. The minimum atomic E-state index is -0.230. The van der Waals surface area contributed by atoms with E-state index in [-0.39, 0.29) is 30.2 Å². The predicted octanol–water partition coefficient (Wildman–Crippen LogP) is 3.29. The zero-order chi connectivity index (χ0) is 19.8. The van der Waals surface area contributed by atoms with E-state index in [0.29, 0.717) is 17.1 Å². The van der Waals surface area contributed by atoms with Gasteiger partial charge in [0.2, 0.25) is 17.7 Å². The van der Waals surface area contributed by atoms with Gasteiger partial charge in [-0.05, 0) is 36.4 Å². The van der Waals surface area contributed by atoms with E-state index in [1.807, 2.05) is 19.9 Å². The van der Waals surface area contributed by atoms with Crippen LogP contribution in [0.3, 0.4) is 0 Å². The molecule has 2 aromatic rings. The molecule has 0 saturated heterocycles. The molecule has 4 N–H and O–H groups in total. The zero-order valence-electron chi connectivity index (χ0n) is 15.6. The van der Waals surface area contributed by atoms with Crippen LogP contribution in [0.1, 0.15) is 20.8 Å². The molecule has 0 spiro atoms. The van der Waals surface area contributed by atoms with Crippen LogP contribution in [0.15, 0.2) is 48.5 Å². The van der Waals surface area contributed by atoms with Gasteiger partial charge in [-0.1, -0.05) is 26.0 Å². The number of carbonyl (C=O) groups is 3. The van der Waals surface area contributed by atoms with Crippen LogP contribution in [0.25, 0.3) is 0 Å². The summed E-state index contributed by atoms with van der Waals surface area (Å²) in [6.45, 7) is 5.13. The Labute approximate surface area is 158 Å². The number of anilines is 4. The summed E-state index contributed by atoms with van der Waals surface area (Å²) < 4.78 is 0. The maximum absolute atomic E-state index is 12.1. The summed E-state index contributed by atoms with van der Waals surface area (Å²) in [6.07, 6.45) is 0. The maximum atomic E-state index is 12.1. The van der Waals surface area contributed by atoms with Crippen molar-refractivity contribution < 1.29 is 14.4 Å². The second-order valence-electron chi connectivity index (χ2n) is 6.39. The molecule has 0 saturated carbocycles. The average Bonchev–Trinajstić information content (AvgIpc) is 2.60. The van der Waals surface area contributed by atoms with E-state index >= 15 is 0 Å². The summed E-state index contributed by atoms with van der Waals surface area (Å²) in [5, 5.41) is 11.3. The van der Waals surface area contributed by atoms with Gasteiger partial charge in [-0.2, -0.15) is 0 Å². The third kappa shape index (κ3) is 6.81. The van der Waals surface area contributed by atoms with Crippen LogP contribution >= 0.6 is 0 Å². The molecule has 0 radical (unpaired) electrons. The number of rotatable bonds is 7. The molecule has 27 heavy (non-hydrogen) atoms. The molecule has 2 aromatic carbocycles. The van der Waals surface area contributed by atoms with Crippen LogP contribution in [-0.4, -0.2) is 24.3 Å². The number of nitrogens with one attached hydrogen (secondary N) is 4. The number of hydrogen-bond donors (Lipinski definition) is 4. The number of amides is 3. The lowest BCUT2D eigenvalue weighted by atomic mass is 10.2. The molecule has 0 aromatic heterocycles. The summed E-state index contributed by atoms with van der Waals surface area (Å²) in [4.78, 5) is 35.0. The molecule has 0 unspecified atom stereocenters. The molecule has 7 heteroatoms. The van der Waals surface area contributed by atoms with Gasteiger partial charge in [-0.3, -0.25) is 14.4 Å². The fourth-order valence-electron chi connectivity index (χ4n) is 2.26. The predicted molar refractivity (Wildman–Crippen MR) is 108 cm³/mol. The highest BCUT2D eigenvalue weighted by molar-refractivity contribution is 5.96. The van der Waals surface area contributed by atoms with Crippen molar-refractivity contribution in [3.63, 3.8) is 0 Å². The molecular formula is C20H24N4O3. The van der Waals surface area contributed by atoms with Crippen molar-refractivity contribution >= 4 is 40.5 Å². The molecule has 0 aliphatic rings. The van der Waals surface area contributed by atoms with E-state index in [1.54, 1.807) is 42.5 Å². The second-order valence-corrected chi connectivity index (χ2v) is 6.39. The van der Waals surface area contributed by atoms with Crippen molar-refractivity contribution in [3.8, 4) is 0 Å². The Bertz CT molecular complexity index is 833. The summed E-state index contributed by atoms with van der Waals surface area (Å²) >= 11 is 0. The van der Waals surface area contributed by atoms with Crippen molar-refractivity contribution in [1.29, 1.82) is 0 Å².